The number of aromatic nitrogens is 2. The van der Waals surface area contributed by atoms with Gasteiger partial charge in [0, 0.05) is 7.05 Å². The number of nitrogens with one attached hydrogen (secondary N) is 1. The zero-order valence-electron chi connectivity index (χ0n) is 13.2. The van der Waals surface area contributed by atoms with E-state index in [4.69, 9.17) is 4.74 Å². The van der Waals surface area contributed by atoms with Crippen molar-refractivity contribution in [2.45, 2.75) is 50.5 Å². The quantitative estimate of drug-likeness (QED) is 0.874. The van der Waals surface area contributed by atoms with E-state index in [1.165, 1.54) is 10.9 Å². The molecule has 1 fully saturated rings. The Kier molecular flexibility index (Phi) is 5.23. The lowest BCUT2D eigenvalue weighted by Crippen LogP contribution is -2.35. The molecule has 22 heavy (non-hydrogen) atoms. The smallest absolute Gasteiger partial charge is 0.267 e. The SMILES string of the molecule is Cc1c(S(=O)(=O)NC(=O)COC2CCC(C)CC2)cnn1C. The number of carbonyl (C=O) groups excluding carboxylic acids is 1. The van der Waals surface area contributed by atoms with Gasteiger partial charge in [-0.05, 0) is 38.5 Å². The van der Waals surface area contributed by atoms with Crippen LogP contribution in [0.5, 0.6) is 0 Å². The van der Waals surface area contributed by atoms with Gasteiger partial charge in [-0.25, -0.2) is 13.1 Å². The Morgan fingerprint density at radius 1 is 1.41 bits per heavy atom. The molecule has 1 aromatic rings. The van der Waals surface area contributed by atoms with Gasteiger partial charge < -0.3 is 4.74 Å². The fraction of sp³-hybridized carbons (Fsp3) is 0.714. The molecule has 8 heteroatoms. The van der Waals surface area contributed by atoms with E-state index in [-0.39, 0.29) is 17.6 Å². The summed E-state index contributed by atoms with van der Waals surface area (Å²) in [4.78, 5) is 11.8. The van der Waals surface area contributed by atoms with Gasteiger partial charge in [0.1, 0.15) is 11.5 Å². The molecule has 0 radical (unpaired) electrons. The van der Waals surface area contributed by atoms with E-state index in [9.17, 15) is 13.2 Å². The minimum atomic E-state index is -3.89. The molecule has 124 valence electrons. The lowest BCUT2D eigenvalue weighted by Gasteiger charge is -2.25. The molecule has 0 saturated heterocycles. The second kappa shape index (κ2) is 6.78. The third-order valence-electron chi connectivity index (χ3n) is 4.14. The van der Waals surface area contributed by atoms with Crippen LogP contribution in [0.3, 0.4) is 0 Å². The molecule has 1 N–H and O–H groups in total. The molecule has 0 aliphatic heterocycles. The van der Waals surface area contributed by atoms with Crippen LogP contribution >= 0.6 is 0 Å². The first kappa shape index (κ1) is 17.0. The summed E-state index contributed by atoms with van der Waals surface area (Å²) in [5, 5.41) is 3.87. The lowest BCUT2D eigenvalue weighted by atomic mass is 9.89. The van der Waals surface area contributed by atoms with Crippen molar-refractivity contribution in [3.05, 3.63) is 11.9 Å². The largest absolute Gasteiger partial charge is 0.368 e. The molecular formula is C14H23N3O4S. The maximum Gasteiger partial charge on any atom is 0.267 e. The fourth-order valence-corrected chi connectivity index (χ4v) is 3.74. The molecule has 1 aromatic heterocycles. The maximum atomic E-state index is 12.1. The molecule has 0 aromatic carbocycles. The van der Waals surface area contributed by atoms with E-state index in [1.807, 2.05) is 4.72 Å². The van der Waals surface area contributed by atoms with Crippen molar-refractivity contribution in [2.75, 3.05) is 6.61 Å². The number of sulfonamides is 1. The van der Waals surface area contributed by atoms with Crippen molar-refractivity contribution >= 4 is 15.9 Å². The maximum absolute atomic E-state index is 12.1. The van der Waals surface area contributed by atoms with Crippen LogP contribution in [0.25, 0.3) is 0 Å². The summed E-state index contributed by atoms with van der Waals surface area (Å²) >= 11 is 0. The van der Waals surface area contributed by atoms with Crippen molar-refractivity contribution in [3.63, 3.8) is 0 Å². The third-order valence-corrected chi connectivity index (χ3v) is 5.62. The van der Waals surface area contributed by atoms with E-state index in [2.05, 4.69) is 12.0 Å². The van der Waals surface area contributed by atoms with E-state index >= 15 is 0 Å². The summed E-state index contributed by atoms with van der Waals surface area (Å²) < 4.78 is 33.2. The highest BCUT2D eigenvalue weighted by molar-refractivity contribution is 7.90. The molecule has 2 rings (SSSR count). The number of amides is 1. The Labute approximate surface area is 131 Å². The summed E-state index contributed by atoms with van der Waals surface area (Å²) in [6, 6.07) is 0. The van der Waals surface area contributed by atoms with Gasteiger partial charge in [0.2, 0.25) is 0 Å². The van der Waals surface area contributed by atoms with Crippen LogP contribution in [0.15, 0.2) is 11.1 Å². The molecule has 0 atom stereocenters. The first-order chi connectivity index (χ1) is 10.3. The topological polar surface area (TPSA) is 90.3 Å². The molecule has 7 nitrogen and oxygen atoms in total. The summed E-state index contributed by atoms with van der Waals surface area (Å²) in [6.07, 6.45) is 5.28. The van der Waals surface area contributed by atoms with Gasteiger partial charge >= 0.3 is 0 Å². The predicted octanol–water partition coefficient (Wildman–Crippen LogP) is 1.13. The Morgan fingerprint density at radius 2 is 2.05 bits per heavy atom. The normalized spacial score (nSPS) is 22.5. The number of rotatable bonds is 5. The minimum absolute atomic E-state index is 0.00911. The molecule has 0 bridgehead atoms. The van der Waals surface area contributed by atoms with Crippen molar-refractivity contribution in [1.82, 2.24) is 14.5 Å². The monoisotopic (exact) mass is 329 g/mol. The van der Waals surface area contributed by atoms with E-state index in [0.717, 1.165) is 25.7 Å². The van der Waals surface area contributed by atoms with E-state index in [0.29, 0.717) is 11.6 Å². The molecule has 1 aliphatic rings. The van der Waals surface area contributed by atoms with Crippen molar-refractivity contribution < 1.29 is 17.9 Å². The van der Waals surface area contributed by atoms with Crippen LogP contribution in [0, 0.1) is 12.8 Å². The molecule has 1 saturated carbocycles. The minimum Gasteiger partial charge on any atom is -0.368 e. The van der Waals surface area contributed by atoms with Crippen molar-refractivity contribution in [2.24, 2.45) is 13.0 Å². The summed E-state index contributed by atoms with van der Waals surface area (Å²) in [7, 11) is -2.25. The van der Waals surface area contributed by atoms with Gasteiger partial charge in [-0.15, -0.1) is 0 Å². The molecule has 0 unspecified atom stereocenters. The Balaban J connectivity index is 1.87. The first-order valence-corrected chi connectivity index (χ1v) is 8.93. The zero-order chi connectivity index (χ0) is 16.3. The molecule has 0 spiro atoms. The molecule has 1 heterocycles. The Morgan fingerprint density at radius 3 is 2.59 bits per heavy atom. The third kappa shape index (κ3) is 4.07. The Bertz CT molecular complexity index is 631. The average Bonchev–Trinajstić information content (AvgIpc) is 2.78. The van der Waals surface area contributed by atoms with Gasteiger partial charge in [0.25, 0.3) is 15.9 Å². The van der Waals surface area contributed by atoms with Gasteiger partial charge in [-0.1, -0.05) is 6.92 Å². The van der Waals surface area contributed by atoms with Crippen LogP contribution < -0.4 is 4.72 Å². The average molecular weight is 329 g/mol. The van der Waals surface area contributed by atoms with Gasteiger partial charge in [-0.2, -0.15) is 5.10 Å². The standard InChI is InChI=1S/C14H23N3O4S/c1-10-4-6-12(7-5-10)21-9-14(18)16-22(19,20)13-8-15-17(3)11(13)2/h8,10,12H,4-7,9H2,1-3H3,(H,16,18). The second-order valence-electron chi connectivity index (χ2n) is 5.94. The van der Waals surface area contributed by atoms with E-state index in [1.54, 1.807) is 14.0 Å². The van der Waals surface area contributed by atoms with Crippen LogP contribution in [0.2, 0.25) is 0 Å². The highest BCUT2D eigenvalue weighted by Gasteiger charge is 2.24. The zero-order valence-corrected chi connectivity index (χ0v) is 14.0. The van der Waals surface area contributed by atoms with Gasteiger partial charge in [0.15, 0.2) is 0 Å². The van der Waals surface area contributed by atoms with Crippen LogP contribution in [0.1, 0.15) is 38.3 Å². The number of ether oxygens (including phenoxy) is 1. The molecule has 1 amide bonds. The molecular weight excluding hydrogens is 306 g/mol. The second-order valence-corrected chi connectivity index (χ2v) is 7.59. The fourth-order valence-electron chi connectivity index (χ4n) is 2.57. The number of carbonyl (C=O) groups is 1. The summed E-state index contributed by atoms with van der Waals surface area (Å²) in [6.45, 7) is 3.59. The van der Waals surface area contributed by atoms with E-state index < -0.39 is 15.9 Å². The number of aryl methyl sites for hydroxylation is 1. The highest BCUT2D eigenvalue weighted by Crippen LogP contribution is 2.25. The first-order valence-electron chi connectivity index (χ1n) is 7.45. The summed E-state index contributed by atoms with van der Waals surface area (Å²) in [5.41, 5.74) is 0.475. The Hall–Kier alpha value is -1.41. The van der Waals surface area contributed by atoms with Crippen LogP contribution in [-0.4, -0.2) is 36.8 Å². The number of hydrogen-bond donors (Lipinski definition) is 1. The number of nitrogens with zero attached hydrogens (tertiary/aromatic N) is 2. The van der Waals surface area contributed by atoms with Crippen LogP contribution in [-0.2, 0) is 26.6 Å². The lowest BCUT2D eigenvalue weighted by molar-refractivity contribution is -0.126. The van der Waals surface area contributed by atoms with Gasteiger partial charge in [0.05, 0.1) is 18.0 Å². The van der Waals surface area contributed by atoms with Gasteiger partial charge in [-0.3, -0.25) is 9.48 Å². The van der Waals surface area contributed by atoms with Crippen molar-refractivity contribution in [3.8, 4) is 0 Å². The predicted molar refractivity (Wildman–Crippen MR) is 80.6 cm³/mol. The highest BCUT2D eigenvalue weighted by atomic mass is 32.2. The summed E-state index contributed by atoms with van der Waals surface area (Å²) in [5.74, 6) is 0.0458. The number of hydrogen-bond acceptors (Lipinski definition) is 5. The molecule has 1 aliphatic carbocycles. The van der Waals surface area contributed by atoms with Crippen LogP contribution in [0.4, 0.5) is 0 Å². The van der Waals surface area contributed by atoms with Crippen molar-refractivity contribution in [1.29, 1.82) is 0 Å².